The van der Waals surface area contributed by atoms with E-state index in [4.69, 9.17) is 5.73 Å². The van der Waals surface area contributed by atoms with Crippen molar-refractivity contribution in [1.29, 1.82) is 0 Å². The van der Waals surface area contributed by atoms with Crippen molar-refractivity contribution in [3.63, 3.8) is 0 Å². The average Bonchev–Trinajstić information content (AvgIpc) is 2.75. The van der Waals surface area contributed by atoms with Crippen molar-refractivity contribution in [3.05, 3.63) is 35.9 Å². The molecule has 196 valence electrons. The van der Waals surface area contributed by atoms with Crippen LogP contribution in [0.2, 0.25) is 0 Å². The Morgan fingerprint density at radius 3 is 1.80 bits per heavy atom. The summed E-state index contributed by atoms with van der Waals surface area (Å²) < 4.78 is 0. The van der Waals surface area contributed by atoms with Crippen molar-refractivity contribution in [2.75, 3.05) is 0 Å². The maximum atomic E-state index is 13.3. The van der Waals surface area contributed by atoms with E-state index in [1.807, 2.05) is 58.0 Å². The topological polar surface area (TPSA) is 171 Å². The molecule has 0 fully saturated rings. The Morgan fingerprint density at radius 2 is 1.31 bits per heavy atom. The predicted octanol–water partition coefficient (Wildman–Crippen LogP) is 0.568. The molecule has 0 saturated heterocycles. The molecule has 0 aliphatic rings. The van der Waals surface area contributed by atoms with Crippen molar-refractivity contribution >= 4 is 23.7 Å². The highest BCUT2D eigenvalue weighted by Gasteiger charge is 2.32. The minimum Gasteiger partial charge on any atom is -0.480 e. The Balaban J connectivity index is 3.10. The Labute approximate surface area is 207 Å². The van der Waals surface area contributed by atoms with E-state index in [1.165, 1.54) is 6.92 Å². The van der Waals surface area contributed by atoms with Crippen LogP contribution >= 0.6 is 0 Å². The summed E-state index contributed by atoms with van der Waals surface area (Å²) >= 11 is 0. The second-order valence-corrected chi connectivity index (χ2v) is 9.74. The summed E-state index contributed by atoms with van der Waals surface area (Å²) in [4.78, 5) is 50.2. The number of nitrogens with two attached hydrogens (primary N) is 1. The van der Waals surface area contributed by atoms with Gasteiger partial charge in [-0.3, -0.25) is 14.4 Å². The number of aliphatic carboxylic acids is 1. The highest BCUT2D eigenvalue weighted by molar-refractivity contribution is 5.94. The van der Waals surface area contributed by atoms with E-state index in [0.29, 0.717) is 6.42 Å². The molecular formula is C25H40N4O6. The first-order valence-electron chi connectivity index (χ1n) is 11.9. The number of carbonyl (C=O) groups excluding carboxylic acids is 3. The number of amides is 3. The zero-order chi connectivity index (χ0) is 26.7. The third-order valence-electron chi connectivity index (χ3n) is 5.36. The molecule has 0 heterocycles. The molecule has 10 heteroatoms. The van der Waals surface area contributed by atoms with Gasteiger partial charge in [-0.25, -0.2) is 4.79 Å². The number of carboxylic acids is 1. The number of hydrogen-bond acceptors (Lipinski definition) is 6. The lowest BCUT2D eigenvalue weighted by atomic mass is 9.99. The second-order valence-electron chi connectivity index (χ2n) is 9.74. The lowest BCUT2D eigenvalue weighted by Gasteiger charge is -2.27. The average molecular weight is 493 g/mol. The summed E-state index contributed by atoms with van der Waals surface area (Å²) in [6, 6.07) is 4.71. The lowest BCUT2D eigenvalue weighted by molar-refractivity contribution is -0.145. The minimum absolute atomic E-state index is 0.0116. The summed E-state index contributed by atoms with van der Waals surface area (Å²) in [5.74, 6) is -3.02. The Bertz CT molecular complexity index is 844. The number of carbonyl (C=O) groups is 4. The van der Waals surface area contributed by atoms with Gasteiger partial charge in [-0.05, 0) is 37.2 Å². The van der Waals surface area contributed by atoms with Gasteiger partial charge in [0, 0.05) is 6.42 Å². The summed E-state index contributed by atoms with van der Waals surface area (Å²) in [7, 11) is 0. The van der Waals surface area contributed by atoms with Crippen LogP contribution in [-0.2, 0) is 25.6 Å². The van der Waals surface area contributed by atoms with Crippen LogP contribution in [-0.4, -0.2) is 64.2 Å². The number of aliphatic hydroxyl groups is 1. The fourth-order valence-electron chi connectivity index (χ4n) is 3.57. The second kappa shape index (κ2) is 14.4. The maximum absolute atomic E-state index is 13.3. The summed E-state index contributed by atoms with van der Waals surface area (Å²) in [6.07, 6.45) is -0.490. The first-order chi connectivity index (χ1) is 16.3. The Morgan fingerprint density at radius 1 is 0.800 bits per heavy atom. The molecule has 0 saturated carbocycles. The van der Waals surface area contributed by atoms with Crippen LogP contribution in [0.25, 0.3) is 0 Å². The van der Waals surface area contributed by atoms with E-state index in [9.17, 15) is 29.4 Å². The van der Waals surface area contributed by atoms with Gasteiger partial charge < -0.3 is 31.9 Å². The summed E-state index contributed by atoms with van der Waals surface area (Å²) in [5, 5.41) is 26.6. The van der Waals surface area contributed by atoms with Crippen molar-refractivity contribution in [2.45, 2.75) is 84.2 Å². The van der Waals surface area contributed by atoms with Crippen LogP contribution in [0.15, 0.2) is 30.3 Å². The zero-order valence-corrected chi connectivity index (χ0v) is 21.2. The number of carboxylic acid groups (broad SMARTS) is 1. The zero-order valence-electron chi connectivity index (χ0n) is 21.2. The van der Waals surface area contributed by atoms with E-state index in [0.717, 1.165) is 5.56 Å². The molecule has 10 nitrogen and oxygen atoms in total. The molecule has 0 bridgehead atoms. The molecule has 0 radical (unpaired) electrons. The molecule has 0 spiro atoms. The Kier molecular flexibility index (Phi) is 12.4. The van der Waals surface area contributed by atoms with Crippen molar-refractivity contribution in [2.24, 2.45) is 17.6 Å². The van der Waals surface area contributed by atoms with E-state index in [-0.39, 0.29) is 24.7 Å². The normalized spacial score (nSPS) is 15.6. The molecule has 3 amide bonds. The van der Waals surface area contributed by atoms with E-state index in [1.54, 1.807) is 0 Å². The minimum atomic E-state index is -1.53. The third-order valence-corrected chi connectivity index (χ3v) is 5.36. The summed E-state index contributed by atoms with van der Waals surface area (Å²) in [6.45, 7) is 8.83. The van der Waals surface area contributed by atoms with Crippen LogP contribution in [0.5, 0.6) is 0 Å². The van der Waals surface area contributed by atoms with Gasteiger partial charge in [0.1, 0.15) is 12.1 Å². The molecular weight excluding hydrogens is 452 g/mol. The largest absolute Gasteiger partial charge is 0.480 e. The van der Waals surface area contributed by atoms with E-state index in [2.05, 4.69) is 16.0 Å². The van der Waals surface area contributed by atoms with Gasteiger partial charge in [-0.2, -0.15) is 0 Å². The number of nitrogens with one attached hydrogen (secondary N) is 3. The van der Waals surface area contributed by atoms with Crippen LogP contribution in [0.3, 0.4) is 0 Å². The molecule has 0 aliphatic heterocycles. The monoisotopic (exact) mass is 492 g/mol. The van der Waals surface area contributed by atoms with Crippen molar-refractivity contribution in [3.8, 4) is 0 Å². The summed E-state index contributed by atoms with van der Waals surface area (Å²) in [5.41, 5.74) is 6.80. The van der Waals surface area contributed by atoms with Gasteiger partial charge in [0.05, 0.1) is 12.1 Å². The molecule has 35 heavy (non-hydrogen) atoms. The quantitative estimate of drug-likeness (QED) is 0.220. The SMILES string of the molecule is CC(C)CC(N)C(=O)NC(Cc1ccccc1)C(=O)NC(CC(C)C)C(=O)NC(C(=O)O)C(C)O. The third kappa shape index (κ3) is 10.9. The highest BCUT2D eigenvalue weighted by atomic mass is 16.4. The van der Waals surface area contributed by atoms with Crippen LogP contribution < -0.4 is 21.7 Å². The van der Waals surface area contributed by atoms with Gasteiger partial charge in [-0.15, -0.1) is 0 Å². The van der Waals surface area contributed by atoms with Crippen molar-refractivity contribution in [1.82, 2.24) is 16.0 Å². The molecule has 1 aromatic carbocycles. The lowest BCUT2D eigenvalue weighted by Crippen LogP contribution is -2.59. The maximum Gasteiger partial charge on any atom is 0.328 e. The van der Waals surface area contributed by atoms with E-state index < -0.39 is 54.0 Å². The number of benzene rings is 1. The fraction of sp³-hybridized carbons (Fsp3) is 0.600. The number of aliphatic hydroxyl groups excluding tert-OH is 1. The number of rotatable bonds is 14. The van der Waals surface area contributed by atoms with Gasteiger partial charge >= 0.3 is 5.97 Å². The first kappa shape index (κ1) is 30.1. The molecule has 0 aromatic heterocycles. The van der Waals surface area contributed by atoms with Gasteiger partial charge in [-0.1, -0.05) is 58.0 Å². The van der Waals surface area contributed by atoms with Gasteiger partial charge in [0.25, 0.3) is 0 Å². The molecule has 7 N–H and O–H groups in total. The fourth-order valence-corrected chi connectivity index (χ4v) is 3.57. The molecule has 1 rings (SSSR count). The van der Waals surface area contributed by atoms with Crippen molar-refractivity contribution < 1.29 is 29.4 Å². The smallest absolute Gasteiger partial charge is 0.328 e. The first-order valence-corrected chi connectivity index (χ1v) is 11.9. The molecule has 0 aliphatic carbocycles. The Hall–Kier alpha value is -2.98. The predicted molar refractivity (Wildman–Crippen MR) is 132 cm³/mol. The number of hydrogen-bond donors (Lipinski definition) is 6. The highest BCUT2D eigenvalue weighted by Crippen LogP contribution is 2.10. The van der Waals surface area contributed by atoms with Crippen LogP contribution in [0.4, 0.5) is 0 Å². The standard InChI is InChI=1S/C25H40N4O6/c1-14(2)11-18(26)22(31)27-20(13-17-9-7-6-8-10-17)23(32)28-19(12-15(3)4)24(33)29-21(16(5)30)25(34)35/h6-10,14-16,18-21,30H,11-13,26H2,1-5H3,(H,27,31)(H,28,32)(H,29,33)(H,34,35). The molecule has 1 aromatic rings. The van der Waals surface area contributed by atoms with Crippen LogP contribution in [0, 0.1) is 11.8 Å². The molecule has 5 atom stereocenters. The van der Waals surface area contributed by atoms with E-state index >= 15 is 0 Å². The molecule has 5 unspecified atom stereocenters. The van der Waals surface area contributed by atoms with Gasteiger partial charge in [0.2, 0.25) is 17.7 Å². The van der Waals surface area contributed by atoms with Crippen LogP contribution in [0.1, 0.15) is 53.0 Å². The van der Waals surface area contributed by atoms with Gasteiger partial charge in [0.15, 0.2) is 6.04 Å².